The van der Waals surface area contributed by atoms with E-state index in [9.17, 15) is 4.39 Å². The van der Waals surface area contributed by atoms with Crippen molar-refractivity contribution in [3.8, 4) is 0 Å². The van der Waals surface area contributed by atoms with E-state index in [0.29, 0.717) is 12.1 Å². The van der Waals surface area contributed by atoms with Crippen LogP contribution in [0.2, 0.25) is 0 Å². The molecule has 0 saturated heterocycles. The summed E-state index contributed by atoms with van der Waals surface area (Å²) in [4.78, 5) is 0. The second kappa shape index (κ2) is 17.2. The average Bonchev–Trinajstić information content (AvgIpc) is 3.11. The van der Waals surface area contributed by atoms with Gasteiger partial charge in [0.05, 0.1) is 12.1 Å². The van der Waals surface area contributed by atoms with Crippen LogP contribution in [0, 0.1) is 19.7 Å². The fraction of sp³-hybridized carbons (Fsp3) is 0.243. The highest BCUT2D eigenvalue weighted by molar-refractivity contribution is 7.50. The fourth-order valence-corrected chi connectivity index (χ4v) is 6.64. The Morgan fingerprint density at radius 1 is 0.891 bits per heavy atom. The average molecular weight is 640 g/mol. The van der Waals surface area contributed by atoms with E-state index in [4.69, 9.17) is 11.5 Å². The highest BCUT2D eigenvalue weighted by Crippen LogP contribution is 2.41. The number of dihydropyridines is 1. The Labute approximate surface area is 275 Å². The van der Waals surface area contributed by atoms with Crippen LogP contribution in [-0.4, -0.2) is 31.3 Å². The molecule has 0 aliphatic carbocycles. The molecule has 6 rings (SSSR count). The van der Waals surface area contributed by atoms with Crippen molar-refractivity contribution >= 4 is 19.6 Å². The molecule has 46 heavy (non-hydrogen) atoms. The van der Waals surface area contributed by atoms with Crippen LogP contribution in [0.5, 0.6) is 0 Å². The monoisotopic (exact) mass is 639 g/mol. The molecular formula is C37H47FN7P. The van der Waals surface area contributed by atoms with Crippen LogP contribution in [-0.2, 0) is 0 Å². The Hall–Kier alpha value is -4.52. The Bertz CT molecular complexity index is 1610. The normalized spacial score (nSPS) is 22.1. The van der Waals surface area contributed by atoms with Gasteiger partial charge in [-0.25, -0.2) is 4.39 Å². The number of aryl methyl sites for hydroxylation is 2. The zero-order chi connectivity index (χ0) is 32.9. The topological polar surface area (TPSA) is 112 Å². The van der Waals surface area contributed by atoms with Gasteiger partial charge in [-0.2, -0.15) is 0 Å². The van der Waals surface area contributed by atoms with E-state index in [1.54, 1.807) is 13.0 Å². The predicted molar refractivity (Wildman–Crippen MR) is 195 cm³/mol. The maximum atomic E-state index is 13.5. The van der Waals surface area contributed by atoms with Gasteiger partial charge < -0.3 is 38.1 Å². The van der Waals surface area contributed by atoms with E-state index in [-0.39, 0.29) is 17.9 Å². The van der Waals surface area contributed by atoms with Crippen LogP contribution in [0.25, 0.3) is 11.0 Å². The van der Waals surface area contributed by atoms with Gasteiger partial charge in [-0.1, -0.05) is 76.6 Å². The van der Waals surface area contributed by atoms with E-state index >= 15 is 0 Å². The summed E-state index contributed by atoms with van der Waals surface area (Å²) in [5.41, 5.74) is 18.9. The van der Waals surface area contributed by atoms with Crippen molar-refractivity contribution in [1.82, 2.24) is 26.6 Å². The number of nitrogens with two attached hydrogens (primary N) is 2. The predicted octanol–water partition coefficient (Wildman–Crippen LogP) is 5.69. The van der Waals surface area contributed by atoms with Crippen LogP contribution < -0.4 is 38.1 Å². The summed E-state index contributed by atoms with van der Waals surface area (Å²) in [6.45, 7) is 9.20. The molecule has 9 heteroatoms. The molecule has 0 amide bonds. The first-order chi connectivity index (χ1) is 22.5. The minimum Gasteiger partial charge on any atom is -0.402 e. The highest BCUT2D eigenvalue weighted by Gasteiger charge is 2.21. The molecule has 3 atom stereocenters. The van der Waals surface area contributed by atoms with E-state index in [1.165, 1.54) is 34.3 Å². The van der Waals surface area contributed by atoms with Gasteiger partial charge in [0.15, 0.2) is 0 Å². The molecule has 0 fully saturated rings. The van der Waals surface area contributed by atoms with Crippen molar-refractivity contribution in [2.75, 3.05) is 19.3 Å². The van der Waals surface area contributed by atoms with Crippen LogP contribution in [0.1, 0.15) is 36.1 Å². The summed E-state index contributed by atoms with van der Waals surface area (Å²) in [6, 6.07) is 14.2. The van der Waals surface area contributed by atoms with Crippen molar-refractivity contribution in [1.29, 1.82) is 0 Å². The fourth-order valence-electron chi connectivity index (χ4n) is 5.40. The van der Waals surface area contributed by atoms with E-state index in [0.717, 1.165) is 49.8 Å². The number of allylic oxidation sites excluding steroid dienone is 1. The quantitative estimate of drug-likeness (QED) is 0.211. The molecule has 242 valence electrons. The lowest BCUT2D eigenvalue weighted by Crippen LogP contribution is -2.39. The first-order valence-corrected chi connectivity index (χ1v) is 17.0. The zero-order valence-corrected chi connectivity index (χ0v) is 28.1. The van der Waals surface area contributed by atoms with Crippen LogP contribution in [0.3, 0.4) is 0 Å². The van der Waals surface area contributed by atoms with Gasteiger partial charge in [0.2, 0.25) is 0 Å². The van der Waals surface area contributed by atoms with Gasteiger partial charge in [-0.3, -0.25) is 0 Å². The number of nitrogens with one attached hydrogen (secondary N) is 5. The summed E-state index contributed by atoms with van der Waals surface area (Å²) in [5.74, 6) is 1.55. The third-order valence-corrected chi connectivity index (χ3v) is 8.93. The molecule has 0 bridgehead atoms. The summed E-state index contributed by atoms with van der Waals surface area (Å²) in [6.07, 6.45) is 21.3. The Kier molecular flexibility index (Phi) is 12.9. The molecule has 7 nitrogen and oxygen atoms in total. The maximum Gasteiger partial charge on any atom is 0.126 e. The van der Waals surface area contributed by atoms with E-state index in [1.807, 2.05) is 44.5 Å². The third-order valence-electron chi connectivity index (χ3n) is 7.55. The molecule has 0 spiro atoms. The molecule has 4 aliphatic rings. The number of hydrogen-bond donors (Lipinski definition) is 7. The van der Waals surface area contributed by atoms with Gasteiger partial charge in [0, 0.05) is 43.0 Å². The smallest absolute Gasteiger partial charge is 0.126 e. The van der Waals surface area contributed by atoms with Crippen molar-refractivity contribution in [2.45, 2.75) is 39.8 Å². The lowest BCUT2D eigenvalue weighted by atomic mass is 9.95. The van der Waals surface area contributed by atoms with Gasteiger partial charge in [0.25, 0.3) is 0 Å². The molecule has 4 heterocycles. The number of hydrogen-bond acceptors (Lipinski definition) is 7. The van der Waals surface area contributed by atoms with Gasteiger partial charge in [-0.15, -0.1) is 0 Å². The number of rotatable bonds is 5. The van der Waals surface area contributed by atoms with Crippen LogP contribution in [0.4, 0.5) is 4.39 Å². The zero-order valence-electron chi connectivity index (χ0n) is 27.1. The second-order valence-electron chi connectivity index (χ2n) is 10.7. The molecule has 2 aromatic carbocycles. The van der Waals surface area contributed by atoms with Crippen LogP contribution >= 0.6 is 8.58 Å². The van der Waals surface area contributed by atoms with Crippen molar-refractivity contribution in [3.63, 3.8) is 0 Å². The molecule has 2 aromatic rings. The first-order valence-electron chi connectivity index (χ1n) is 15.8. The summed E-state index contributed by atoms with van der Waals surface area (Å²) in [7, 11) is 0.819. The van der Waals surface area contributed by atoms with Gasteiger partial charge in [0.1, 0.15) is 17.5 Å². The SMILES string of the molecule is CC.Cc1cc(C2=C(C3C=CN/C(=C\N)N3)C=CCN2)ccc1F.Cc1cccc(C2=C(C3C=CN/C(=C\CN)N3)C=CCP2)c1. The molecule has 9 N–H and O–H groups in total. The summed E-state index contributed by atoms with van der Waals surface area (Å²) < 4.78 is 13.5. The highest BCUT2D eigenvalue weighted by atomic mass is 31.1. The lowest BCUT2D eigenvalue weighted by molar-refractivity contribution is 0.618. The van der Waals surface area contributed by atoms with Gasteiger partial charge >= 0.3 is 0 Å². The van der Waals surface area contributed by atoms with E-state index < -0.39 is 0 Å². The van der Waals surface area contributed by atoms with Crippen molar-refractivity contribution < 1.29 is 4.39 Å². The second-order valence-corrected chi connectivity index (χ2v) is 12.0. The molecular weight excluding hydrogens is 592 g/mol. The molecule has 4 aliphatic heterocycles. The molecule has 0 saturated carbocycles. The summed E-state index contributed by atoms with van der Waals surface area (Å²) in [5, 5.41) is 17.9. The van der Waals surface area contributed by atoms with Crippen molar-refractivity contribution in [3.05, 3.63) is 154 Å². The minimum absolute atomic E-state index is 0.000425. The lowest BCUT2D eigenvalue weighted by Gasteiger charge is -2.28. The molecule has 3 unspecified atom stereocenters. The largest absolute Gasteiger partial charge is 0.402 e. The summed E-state index contributed by atoms with van der Waals surface area (Å²) >= 11 is 0. The molecule has 0 radical (unpaired) electrons. The number of halogens is 1. The number of benzene rings is 2. The van der Waals surface area contributed by atoms with Crippen molar-refractivity contribution in [2.24, 2.45) is 11.5 Å². The first kappa shape index (κ1) is 34.4. The van der Waals surface area contributed by atoms with E-state index in [2.05, 4.69) is 88.2 Å². The Balaban J connectivity index is 0.000000198. The Morgan fingerprint density at radius 2 is 1.61 bits per heavy atom. The standard InChI is InChI=1S/C18H22N3P.C17H19FN4.C2H6/c1-13-4-2-5-14(12-13)18-15(6-3-11-22-18)16-8-10-20-17(21-16)7-9-19;1-11-9-12(4-5-14(11)18)17-13(3-2-7-21-17)15-6-8-20-16(10-19)22-15;1-2/h2-8,10,12,16,20-22H,9,11,19H2,1H3;2-6,8-10,15,20-22H,7,19H2,1H3;1-2H3/b17-7+;16-10+;. The minimum atomic E-state index is -0.189. The molecule has 0 aromatic heterocycles. The van der Waals surface area contributed by atoms with Crippen LogP contribution in [0.15, 0.2) is 126 Å². The third kappa shape index (κ3) is 8.81. The van der Waals surface area contributed by atoms with Gasteiger partial charge in [-0.05, 0) is 84.0 Å². The Morgan fingerprint density at radius 3 is 2.33 bits per heavy atom. The maximum absolute atomic E-state index is 13.5.